The van der Waals surface area contributed by atoms with E-state index in [9.17, 15) is 4.79 Å². The van der Waals surface area contributed by atoms with Gasteiger partial charge in [-0.25, -0.2) is 9.50 Å². The lowest BCUT2D eigenvalue weighted by atomic mass is 9.92. The van der Waals surface area contributed by atoms with Crippen LogP contribution in [0.1, 0.15) is 37.9 Å². The van der Waals surface area contributed by atoms with Crippen LogP contribution in [-0.2, 0) is 11.3 Å². The molecule has 18 heavy (non-hydrogen) atoms. The van der Waals surface area contributed by atoms with Crippen LogP contribution in [0.5, 0.6) is 0 Å². The first-order valence-corrected chi connectivity index (χ1v) is 6.73. The van der Waals surface area contributed by atoms with Crippen molar-refractivity contribution in [2.45, 2.75) is 40.7 Å². The maximum atomic E-state index is 11.7. The van der Waals surface area contributed by atoms with E-state index in [1.54, 1.807) is 4.52 Å². The lowest BCUT2D eigenvalue weighted by molar-refractivity contribution is -0.122. The van der Waals surface area contributed by atoms with Gasteiger partial charge in [0, 0.05) is 6.42 Å². The van der Waals surface area contributed by atoms with Gasteiger partial charge in [-0.3, -0.25) is 4.79 Å². The Balaban J connectivity index is 1.93. The van der Waals surface area contributed by atoms with Crippen LogP contribution in [0.15, 0.2) is 6.20 Å². The van der Waals surface area contributed by atoms with E-state index in [0.29, 0.717) is 13.0 Å². The van der Waals surface area contributed by atoms with Gasteiger partial charge in [-0.2, -0.15) is 5.10 Å². The number of aromatic nitrogens is 3. The van der Waals surface area contributed by atoms with Crippen molar-refractivity contribution >= 4 is 22.2 Å². The summed E-state index contributed by atoms with van der Waals surface area (Å²) in [5.74, 6) is 0.0616. The Hall–Kier alpha value is -1.43. The molecule has 0 radical (unpaired) electrons. The number of carbonyl (C=O) groups excluding carboxylic acids is 1. The Kier molecular flexibility index (Phi) is 3.38. The molecule has 5 nitrogen and oxygen atoms in total. The minimum absolute atomic E-state index is 0.0126. The molecule has 6 heteroatoms. The Labute approximate surface area is 110 Å². The van der Waals surface area contributed by atoms with Crippen molar-refractivity contribution in [1.82, 2.24) is 19.9 Å². The van der Waals surface area contributed by atoms with E-state index in [1.165, 1.54) is 11.3 Å². The number of imidazole rings is 1. The van der Waals surface area contributed by atoms with E-state index >= 15 is 0 Å². The molecular formula is C12H18N4OS. The number of amides is 1. The number of carbonyl (C=O) groups is 1. The van der Waals surface area contributed by atoms with Gasteiger partial charge < -0.3 is 5.32 Å². The van der Waals surface area contributed by atoms with Crippen LogP contribution in [0.4, 0.5) is 0 Å². The summed E-state index contributed by atoms with van der Waals surface area (Å²) in [6, 6.07) is 0. The fraction of sp³-hybridized carbons (Fsp3) is 0.583. The molecule has 0 aliphatic carbocycles. The van der Waals surface area contributed by atoms with Crippen molar-refractivity contribution in [2.75, 3.05) is 0 Å². The van der Waals surface area contributed by atoms with Crippen molar-refractivity contribution in [3.05, 3.63) is 16.9 Å². The number of nitrogens with zero attached hydrogens (tertiary/aromatic N) is 3. The maximum absolute atomic E-state index is 11.7. The molecule has 0 aromatic carbocycles. The van der Waals surface area contributed by atoms with Gasteiger partial charge in [0.25, 0.3) is 0 Å². The molecule has 1 amide bonds. The van der Waals surface area contributed by atoms with Crippen LogP contribution >= 0.6 is 11.3 Å². The highest BCUT2D eigenvalue weighted by Gasteiger charge is 2.16. The second-order valence-corrected chi connectivity index (χ2v) is 6.66. The predicted octanol–water partition coefficient (Wildman–Crippen LogP) is 2.15. The molecule has 0 saturated heterocycles. The average Bonchev–Trinajstić information content (AvgIpc) is 2.68. The van der Waals surface area contributed by atoms with Crippen molar-refractivity contribution in [1.29, 1.82) is 0 Å². The van der Waals surface area contributed by atoms with Gasteiger partial charge in [-0.05, 0) is 12.3 Å². The topological polar surface area (TPSA) is 59.3 Å². The van der Waals surface area contributed by atoms with Crippen molar-refractivity contribution < 1.29 is 4.79 Å². The molecule has 98 valence electrons. The smallest absolute Gasteiger partial charge is 0.220 e. The van der Waals surface area contributed by atoms with Gasteiger partial charge in [0.05, 0.1) is 18.4 Å². The molecule has 0 fully saturated rings. The van der Waals surface area contributed by atoms with E-state index in [2.05, 4.69) is 15.4 Å². The second-order valence-electron chi connectivity index (χ2n) is 5.62. The first-order valence-electron chi connectivity index (χ1n) is 5.92. The van der Waals surface area contributed by atoms with Gasteiger partial charge in [0.1, 0.15) is 5.01 Å². The summed E-state index contributed by atoms with van der Waals surface area (Å²) in [6.07, 6.45) is 2.40. The van der Waals surface area contributed by atoms with E-state index in [-0.39, 0.29) is 11.3 Å². The quantitative estimate of drug-likeness (QED) is 0.926. The molecule has 2 aromatic heterocycles. The minimum atomic E-state index is 0.0126. The van der Waals surface area contributed by atoms with E-state index in [0.717, 1.165) is 15.7 Å². The van der Waals surface area contributed by atoms with Crippen LogP contribution in [0.3, 0.4) is 0 Å². The molecule has 2 heterocycles. The molecule has 0 aliphatic heterocycles. The monoisotopic (exact) mass is 266 g/mol. The van der Waals surface area contributed by atoms with E-state index in [4.69, 9.17) is 0 Å². The first kappa shape index (κ1) is 13.0. The molecule has 2 rings (SSSR count). The average molecular weight is 266 g/mol. The Morgan fingerprint density at radius 2 is 2.22 bits per heavy atom. The van der Waals surface area contributed by atoms with Gasteiger partial charge in [-0.15, -0.1) is 0 Å². The summed E-state index contributed by atoms with van der Waals surface area (Å²) in [7, 11) is 0. The Morgan fingerprint density at radius 1 is 1.50 bits per heavy atom. The summed E-state index contributed by atoms with van der Waals surface area (Å²) in [4.78, 5) is 16.9. The number of rotatable bonds is 3. The van der Waals surface area contributed by atoms with Crippen LogP contribution in [0.25, 0.3) is 4.96 Å². The number of fused-ring (bicyclic) bond motifs is 1. The summed E-state index contributed by atoms with van der Waals surface area (Å²) >= 11 is 1.50. The number of nitrogens with one attached hydrogen (secondary N) is 1. The summed E-state index contributed by atoms with van der Waals surface area (Å²) in [5, 5.41) is 8.12. The molecular weight excluding hydrogens is 248 g/mol. The lowest BCUT2D eigenvalue weighted by Gasteiger charge is -2.16. The SMILES string of the molecule is Cc1cn2nc(CNC(=O)CC(C)(C)C)sc2n1. The second kappa shape index (κ2) is 4.68. The fourth-order valence-corrected chi connectivity index (χ4v) is 2.50. The zero-order valence-electron chi connectivity index (χ0n) is 11.1. The predicted molar refractivity (Wildman–Crippen MR) is 71.5 cm³/mol. The van der Waals surface area contributed by atoms with Crippen LogP contribution in [-0.4, -0.2) is 20.5 Å². The zero-order valence-corrected chi connectivity index (χ0v) is 12.0. The Bertz CT molecular complexity index is 533. The Morgan fingerprint density at radius 3 is 2.83 bits per heavy atom. The van der Waals surface area contributed by atoms with E-state index in [1.807, 2.05) is 33.9 Å². The molecule has 0 aliphatic rings. The van der Waals surface area contributed by atoms with Gasteiger partial charge in [-0.1, -0.05) is 32.1 Å². The zero-order chi connectivity index (χ0) is 13.3. The summed E-state index contributed by atoms with van der Waals surface area (Å²) in [5.41, 5.74) is 0.968. The highest BCUT2D eigenvalue weighted by Crippen LogP contribution is 2.18. The molecule has 0 spiro atoms. The molecule has 0 atom stereocenters. The third kappa shape index (κ3) is 3.29. The minimum Gasteiger partial charge on any atom is -0.349 e. The highest BCUT2D eigenvalue weighted by molar-refractivity contribution is 7.16. The van der Waals surface area contributed by atoms with Gasteiger partial charge >= 0.3 is 0 Å². The van der Waals surface area contributed by atoms with Crippen LogP contribution in [0, 0.1) is 12.3 Å². The summed E-state index contributed by atoms with van der Waals surface area (Å²) in [6.45, 7) is 8.56. The molecule has 1 N–H and O–H groups in total. The van der Waals surface area contributed by atoms with Crippen LogP contribution in [0.2, 0.25) is 0 Å². The van der Waals surface area contributed by atoms with Gasteiger partial charge in [0.2, 0.25) is 10.9 Å². The van der Waals surface area contributed by atoms with Crippen molar-refractivity contribution in [2.24, 2.45) is 5.41 Å². The van der Waals surface area contributed by atoms with Crippen LogP contribution < -0.4 is 5.32 Å². The molecule has 0 bridgehead atoms. The van der Waals surface area contributed by atoms with E-state index < -0.39 is 0 Å². The number of aryl methyl sites for hydroxylation is 1. The van der Waals surface area contributed by atoms with Crippen molar-refractivity contribution in [3.8, 4) is 0 Å². The van der Waals surface area contributed by atoms with Crippen molar-refractivity contribution in [3.63, 3.8) is 0 Å². The molecule has 2 aromatic rings. The molecule has 0 saturated carbocycles. The summed E-state index contributed by atoms with van der Waals surface area (Å²) < 4.78 is 1.76. The normalized spacial score (nSPS) is 12.0. The highest BCUT2D eigenvalue weighted by atomic mass is 32.1. The first-order chi connectivity index (χ1) is 8.33. The van der Waals surface area contributed by atoms with Gasteiger partial charge in [0.15, 0.2) is 0 Å². The fourth-order valence-electron chi connectivity index (χ4n) is 1.64. The standard InChI is InChI=1S/C12H18N4OS/c1-8-7-16-11(14-8)18-10(15-16)6-13-9(17)5-12(2,3)4/h7H,5-6H2,1-4H3,(H,13,17). The third-order valence-corrected chi connectivity index (χ3v) is 3.26. The third-order valence-electron chi connectivity index (χ3n) is 2.33. The number of hydrogen-bond donors (Lipinski definition) is 1. The number of hydrogen-bond acceptors (Lipinski definition) is 4. The molecule has 0 unspecified atom stereocenters. The lowest BCUT2D eigenvalue weighted by Crippen LogP contribution is -2.27. The largest absolute Gasteiger partial charge is 0.349 e. The maximum Gasteiger partial charge on any atom is 0.220 e.